The summed E-state index contributed by atoms with van der Waals surface area (Å²) in [4.78, 5) is 31.2. The molecule has 2 bridgehead atoms. The van der Waals surface area contributed by atoms with Gasteiger partial charge < -0.3 is 4.84 Å². The fraction of sp³-hybridized carbons (Fsp3) is 0.500. The van der Waals surface area contributed by atoms with Crippen LogP contribution in [0.5, 0.6) is 5.75 Å². The minimum atomic E-state index is -0.595. The van der Waals surface area contributed by atoms with E-state index in [2.05, 4.69) is 12.2 Å². The van der Waals surface area contributed by atoms with Crippen LogP contribution in [0.15, 0.2) is 24.3 Å². The van der Waals surface area contributed by atoms with Crippen LogP contribution in [0.25, 0.3) is 0 Å². The van der Waals surface area contributed by atoms with Crippen LogP contribution < -0.4 is 10.7 Å². The van der Waals surface area contributed by atoms with E-state index in [1.807, 2.05) is 26.0 Å². The molecule has 3 aliphatic carbocycles. The molecule has 4 unspecified atom stereocenters. The van der Waals surface area contributed by atoms with Crippen molar-refractivity contribution in [2.24, 2.45) is 29.6 Å². The molecule has 2 N–H and O–H groups in total. The normalized spacial score (nSPS) is 33.4. The van der Waals surface area contributed by atoms with Gasteiger partial charge >= 0.3 is 0 Å². The van der Waals surface area contributed by atoms with Crippen molar-refractivity contribution in [3.63, 3.8) is 0 Å². The number of fused-ring (bicyclic) bond motifs is 5. The number of nitrogens with two attached hydrogens (primary N) is 1. The van der Waals surface area contributed by atoms with Crippen LogP contribution in [-0.2, 0) is 22.4 Å². The van der Waals surface area contributed by atoms with Gasteiger partial charge in [-0.2, -0.15) is 5.90 Å². The van der Waals surface area contributed by atoms with E-state index in [-0.39, 0.29) is 35.2 Å². The lowest BCUT2D eigenvalue weighted by Crippen LogP contribution is -2.21. The van der Waals surface area contributed by atoms with E-state index in [0.717, 1.165) is 36.0 Å². The van der Waals surface area contributed by atoms with Crippen molar-refractivity contribution >= 4 is 11.6 Å². The van der Waals surface area contributed by atoms with Crippen molar-refractivity contribution in [2.75, 3.05) is 0 Å². The molecule has 1 aromatic rings. The van der Waals surface area contributed by atoms with Gasteiger partial charge in [0.05, 0.1) is 0 Å². The summed E-state index contributed by atoms with van der Waals surface area (Å²) >= 11 is 0. The molecule has 4 atom stereocenters. The highest BCUT2D eigenvalue weighted by molar-refractivity contribution is 6.17. The number of allylic oxidation sites excluding steroid dienone is 2. The first kappa shape index (κ1) is 15.6. The lowest BCUT2D eigenvalue weighted by molar-refractivity contribution is -0.125. The molecule has 2 saturated carbocycles. The van der Waals surface area contributed by atoms with Crippen molar-refractivity contribution in [1.82, 2.24) is 0 Å². The third-order valence-electron chi connectivity index (χ3n) is 6.20. The Morgan fingerprint density at radius 3 is 1.92 bits per heavy atom. The highest BCUT2D eigenvalue weighted by atomic mass is 16.6. The first-order valence-electron chi connectivity index (χ1n) is 8.88. The lowest BCUT2D eigenvalue weighted by Gasteiger charge is -2.20. The van der Waals surface area contributed by atoms with Crippen LogP contribution in [-0.4, -0.2) is 11.6 Å². The van der Waals surface area contributed by atoms with E-state index >= 15 is 0 Å². The zero-order chi connectivity index (χ0) is 17.0. The molecule has 0 heterocycles. The maximum absolute atomic E-state index is 13.2. The summed E-state index contributed by atoms with van der Waals surface area (Å²) in [5.74, 6) is 5.93. The molecule has 2 fully saturated rings. The molecular weight excluding hydrogens is 302 g/mol. The first-order chi connectivity index (χ1) is 11.6. The predicted molar refractivity (Wildman–Crippen MR) is 90.5 cm³/mol. The zero-order valence-electron chi connectivity index (χ0n) is 14.1. The Morgan fingerprint density at radius 1 is 1.00 bits per heavy atom. The summed E-state index contributed by atoms with van der Waals surface area (Å²) in [7, 11) is 0. The molecule has 0 amide bonds. The molecule has 0 aromatic heterocycles. The zero-order valence-corrected chi connectivity index (χ0v) is 14.1. The standard InChI is InChI=1S/C20H23NO3/c1-3-10-8-14(24-21)9-11(4-2)15(10)18-19(22)16-12-5-6-13(7-12)17(16)20(18)23/h5-6,8-9,12-13,16-18H,3-4,7,21H2,1-2H3. The predicted octanol–water partition coefficient (Wildman–Crippen LogP) is 2.74. The SMILES string of the molecule is CCc1cc(ON)cc(CC)c1C1C(=O)C2C3C=CC(C3)C2C1=O. The number of benzene rings is 1. The van der Waals surface area contributed by atoms with E-state index in [1.54, 1.807) is 0 Å². The number of rotatable bonds is 4. The second-order valence-electron chi connectivity index (χ2n) is 7.22. The largest absolute Gasteiger partial charge is 0.412 e. The number of aryl methyl sites for hydroxylation is 2. The topological polar surface area (TPSA) is 69.4 Å². The number of hydrogen-bond acceptors (Lipinski definition) is 4. The van der Waals surface area contributed by atoms with Gasteiger partial charge in [-0.3, -0.25) is 9.59 Å². The fourth-order valence-electron chi connectivity index (χ4n) is 5.18. The van der Waals surface area contributed by atoms with Gasteiger partial charge in [0, 0.05) is 11.8 Å². The van der Waals surface area contributed by atoms with Crippen LogP contribution in [0.3, 0.4) is 0 Å². The Kier molecular flexibility index (Phi) is 3.61. The van der Waals surface area contributed by atoms with Crippen LogP contribution in [0.2, 0.25) is 0 Å². The molecule has 4 nitrogen and oxygen atoms in total. The molecule has 1 aromatic carbocycles. The van der Waals surface area contributed by atoms with Gasteiger partial charge in [0.25, 0.3) is 0 Å². The smallest absolute Gasteiger partial charge is 0.152 e. The van der Waals surface area contributed by atoms with Crippen LogP contribution in [0, 0.1) is 23.7 Å². The molecule has 24 heavy (non-hydrogen) atoms. The van der Waals surface area contributed by atoms with Crippen molar-refractivity contribution in [3.8, 4) is 5.75 Å². The summed E-state index contributed by atoms with van der Waals surface area (Å²) < 4.78 is 0. The van der Waals surface area contributed by atoms with Crippen LogP contribution >= 0.6 is 0 Å². The van der Waals surface area contributed by atoms with E-state index in [4.69, 9.17) is 10.7 Å². The van der Waals surface area contributed by atoms with Gasteiger partial charge in [-0.05, 0) is 59.9 Å². The van der Waals surface area contributed by atoms with E-state index < -0.39 is 5.92 Å². The Balaban J connectivity index is 1.82. The average molecular weight is 325 g/mol. The van der Waals surface area contributed by atoms with E-state index in [1.165, 1.54) is 0 Å². The Morgan fingerprint density at radius 2 is 1.50 bits per heavy atom. The highest BCUT2D eigenvalue weighted by Gasteiger charge is 2.60. The van der Waals surface area contributed by atoms with Crippen molar-refractivity contribution in [1.29, 1.82) is 0 Å². The molecular formula is C20H23NO3. The third kappa shape index (κ3) is 1.95. The number of ketones is 2. The average Bonchev–Trinajstić information content (AvgIpc) is 3.28. The number of carbonyl (C=O) groups is 2. The Bertz CT molecular complexity index is 696. The molecule has 126 valence electrons. The molecule has 4 heteroatoms. The molecule has 3 aliphatic rings. The van der Waals surface area contributed by atoms with Gasteiger partial charge in [0.15, 0.2) is 11.6 Å². The van der Waals surface area contributed by atoms with Crippen molar-refractivity contribution in [2.45, 2.75) is 39.0 Å². The molecule has 0 saturated heterocycles. The fourth-order valence-corrected chi connectivity index (χ4v) is 5.18. The molecule has 0 spiro atoms. The molecule has 4 rings (SSSR count). The van der Waals surface area contributed by atoms with Crippen LogP contribution in [0.1, 0.15) is 42.9 Å². The second-order valence-corrected chi connectivity index (χ2v) is 7.22. The monoisotopic (exact) mass is 325 g/mol. The quantitative estimate of drug-likeness (QED) is 0.525. The van der Waals surface area contributed by atoms with Gasteiger partial charge in [0.2, 0.25) is 0 Å². The number of hydrogen-bond donors (Lipinski definition) is 1. The third-order valence-corrected chi connectivity index (χ3v) is 6.20. The lowest BCUT2D eigenvalue weighted by atomic mass is 9.83. The summed E-state index contributed by atoms with van der Waals surface area (Å²) in [5.41, 5.74) is 2.92. The maximum atomic E-state index is 13.2. The minimum absolute atomic E-state index is 0.0997. The minimum Gasteiger partial charge on any atom is -0.412 e. The van der Waals surface area contributed by atoms with Gasteiger partial charge in [-0.1, -0.05) is 26.0 Å². The Labute approximate surface area is 142 Å². The van der Waals surface area contributed by atoms with Crippen LogP contribution in [0.4, 0.5) is 0 Å². The summed E-state index contributed by atoms with van der Waals surface area (Å²) in [6.07, 6.45) is 6.76. The van der Waals surface area contributed by atoms with Crippen molar-refractivity contribution < 1.29 is 14.4 Å². The van der Waals surface area contributed by atoms with E-state index in [0.29, 0.717) is 5.75 Å². The van der Waals surface area contributed by atoms with Gasteiger partial charge in [-0.15, -0.1) is 0 Å². The van der Waals surface area contributed by atoms with E-state index in [9.17, 15) is 9.59 Å². The number of Topliss-reactive ketones (excluding diaryl/α,β-unsaturated/α-hetero) is 2. The van der Waals surface area contributed by atoms with Gasteiger partial charge in [0.1, 0.15) is 11.7 Å². The maximum Gasteiger partial charge on any atom is 0.152 e. The first-order valence-corrected chi connectivity index (χ1v) is 8.88. The summed E-state index contributed by atoms with van der Waals surface area (Å²) in [5, 5.41) is 0. The number of carbonyl (C=O) groups excluding carboxylic acids is 2. The van der Waals surface area contributed by atoms with Gasteiger partial charge in [-0.25, -0.2) is 0 Å². The summed E-state index contributed by atoms with van der Waals surface area (Å²) in [6, 6.07) is 3.74. The highest BCUT2D eigenvalue weighted by Crippen LogP contribution is 2.56. The summed E-state index contributed by atoms with van der Waals surface area (Å²) in [6.45, 7) is 4.07. The van der Waals surface area contributed by atoms with Crippen molar-refractivity contribution in [3.05, 3.63) is 41.0 Å². The second kappa shape index (κ2) is 5.55. The molecule has 0 radical (unpaired) electrons. The molecule has 0 aliphatic heterocycles. The Hall–Kier alpha value is -1.94.